The van der Waals surface area contributed by atoms with E-state index in [1.54, 1.807) is 0 Å². The first kappa shape index (κ1) is 13.5. The van der Waals surface area contributed by atoms with Crippen molar-refractivity contribution in [3.8, 4) is 0 Å². The lowest BCUT2D eigenvalue weighted by atomic mass is 9.76. The van der Waals surface area contributed by atoms with Gasteiger partial charge in [0.15, 0.2) is 5.60 Å². The first-order chi connectivity index (χ1) is 7.23. The number of rotatable bonds is 4. The van der Waals surface area contributed by atoms with E-state index in [4.69, 9.17) is 9.84 Å². The van der Waals surface area contributed by atoms with Crippen LogP contribution in [0.5, 0.6) is 0 Å². The van der Waals surface area contributed by atoms with Gasteiger partial charge in [0, 0.05) is 0 Å². The summed E-state index contributed by atoms with van der Waals surface area (Å²) >= 11 is 0. The van der Waals surface area contributed by atoms with Crippen LogP contribution in [0.25, 0.3) is 0 Å². The lowest BCUT2D eigenvalue weighted by Crippen LogP contribution is -2.41. The van der Waals surface area contributed by atoms with E-state index < -0.39 is 11.6 Å². The number of aliphatic carboxylic acids is 1. The van der Waals surface area contributed by atoms with Gasteiger partial charge >= 0.3 is 5.97 Å². The van der Waals surface area contributed by atoms with Gasteiger partial charge in [-0.2, -0.15) is 0 Å². The summed E-state index contributed by atoms with van der Waals surface area (Å²) in [6.07, 6.45) is 4.17. The van der Waals surface area contributed by atoms with E-state index in [0.29, 0.717) is 5.41 Å². The molecule has 0 spiro atoms. The minimum Gasteiger partial charge on any atom is -0.479 e. The molecule has 2 N–H and O–H groups in total. The van der Waals surface area contributed by atoms with Gasteiger partial charge in [0.05, 0.1) is 12.7 Å². The summed E-state index contributed by atoms with van der Waals surface area (Å²) in [6, 6.07) is 0. The zero-order valence-corrected chi connectivity index (χ0v) is 10.3. The van der Waals surface area contributed by atoms with E-state index in [1.165, 1.54) is 6.92 Å². The minimum atomic E-state index is -1.77. The van der Waals surface area contributed by atoms with Crippen molar-refractivity contribution in [2.24, 2.45) is 5.41 Å². The van der Waals surface area contributed by atoms with Gasteiger partial charge in [0.25, 0.3) is 0 Å². The van der Waals surface area contributed by atoms with Crippen molar-refractivity contribution in [1.82, 2.24) is 0 Å². The standard InChI is InChI=1S/C12H22O4/c1-11(2)6-4-9(5-7-11)16-8-12(3,15)10(13)14/h9,15H,4-8H2,1-3H3,(H,13,14). The first-order valence-corrected chi connectivity index (χ1v) is 5.80. The van der Waals surface area contributed by atoms with Crippen molar-refractivity contribution < 1.29 is 19.7 Å². The van der Waals surface area contributed by atoms with Crippen molar-refractivity contribution in [2.45, 2.75) is 58.2 Å². The lowest BCUT2D eigenvalue weighted by Gasteiger charge is -2.35. The molecule has 4 nitrogen and oxygen atoms in total. The molecule has 1 aliphatic carbocycles. The molecule has 0 aromatic carbocycles. The molecule has 0 saturated heterocycles. The monoisotopic (exact) mass is 230 g/mol. The number of aliphatic hydroxyl groups is 1. The molecular formula is C12H22O4. The van der Waals surface area contributed by atoms with Crippen molar-refractivity contribution in [3.63, 3.8) is 0 Å². The Morgan fingerprint density at radius 3 is 2.38 bits per heavy atom. The Bertz CT molecular complexity index is 248. The number of carboxylic acid groups (broad SMARTS) is 1. The zero-order valence-electron chi connectivity index (χ0n) is 10.3. The summed E-state index contributed by atoms with van der Waals surface area (Å²) in [7, 11) is 0. The summed E-state index contributed by atoms with van der Waals surface area (Å²) in [5, 5.41) is 18.2. The average molecular weight is 230 g/mol. The largest absolute Gasteiger partial charge is 0.479 e. The van der Waals surface area contributed by atoms with E-state index >= 15 is 0 Å². The summed E-state index contributed by atoms with van der Waals surface area (Å²) in [5.41, 5.74) is -1.40. The second kappa shape index (κ2) is 4.72. The molecule has 0 aromatic rings. The normalized spacial score (nSPS) is 25.0. The van der Waals surface area contributed by atoms with Gasteiger partial charge in [0.1, 0.15) is 0 Å². The topological polar surface area (TPSA) is 66.8 Å². The molecule has 1 aliphatic rings. The highest BCUT2D eigenvalue weighted by atomic mass is 16.5. The van der Waals surface area contributed by atoms with Gasteiger partial charge in [-0.25, -0.2) is 4.79 Å². The maximum absolute atomic E-state index is 10.7. The van der Waals surface area contributed by atoms with Crippen molar-refractivity contribution in [2.75, 3.05) is 6.61 Å². The fraction of sp³-hybridized carbons (Fsp3) is 0.917. The van der Waals surface area contributed by atoms with E-state index in [0.717, 1.165) is 25.7 Å². The van der Waals surface area contributed by atoms with Crippen LogP contribution in [0.4, 0.5) is 0 Å². The molecule has 1 saturated carbocycles. The molecule has 0 amide bonds. The van der Waals surface area contributed by atoms with Crippen LogP contribution in [0.2, 0.25) is 0 Å². The average Bonchev–Trinajstić information content (AvgIpc) is 2.16. The highest BCUT2D eigenvalue weighted by Gasteiger charge is 2.33. The van der Waals surface area contributed by atoms with E-state index in [1.807, 2.05) is 0 Å². The fourth-order valence-electron chi connectivity index (χ4n) is 1.88. The van der Waals surface area contributed by atoms with Gasteiger partial charge in [-0.15, -0.1) is 0 Å². The van der Waals surface area contributed by atoms with Gasteiger partial charge < -0.3 is 14.9 Å². The Hall–Kier alpha value is -0.610. The van der Waals surface area contributed by atoms with Crippen molar-refractivity contribution >= 4 is 5.97 Å². The van der Waals surface area contributed by atoms with Crippen LogP contribution < -0.4 is 0 Å². The third-order valence-electron chi connectivity index (χ3n) is 3.35. The molecule has 1 atom stereocenters. The Labute approximate surface area is 96.6 Å². The van der Waals surface area contributed by atoms with Crippen LogP contribution in [-0.4, -0.2) is 34.5 Å². The SMILES string of the molecule is CC1(C)CCC(OCC(C)(O)C(=O)O)CC1. The maximum Gasteiger partial charge on any atom is 0.337 e. The Morgan fingerprint density at radius 2 is 1.94 bits per heavy atom. The van der Waals surface area contributed by atoms with Crippen molar-refractivity contribution in [3.05, 3.63) is 0 Å². The van der Waals surface area contributed by atoms with Gasteiger partial charge in [-0.05, 0) is 38.0 Å². The third kappa shape index (κ3) is 3.76. The number of carbonyl (C=O) groups is 1. The molecule has 0 bridgehead atoms. The van der Waals surface area contributed by atoms with Crippen LogP contribution in [-0.2, 0) is 9.53 Å². The molecule has 0 heterocycles. The Balaban J connectivity index is 2.33. The van der Waals surface area contributed by atoms with Crippen LogP contribution in [0, 0.1) is 5.41 Å². The highest BCUT2D eigenvalue weighted by molar-refractivity contribution is 5.76. The third-order valence-corrected chi connectivity index (χ3v) is 3.35. The molecule has 94 valence electrons. The smallest absolute Gasteiger partial charge is 0.337 e. The summed E-state index contributed by atoms with van der Waals surface area (Å²) in [4.78, 5) is 10.7. The first-order valence-electron chi connectivity index (χ1n) is 5.80. The van der Waals surface area contributed by atoms with E-state index in [-0.39, 0.29) is 12.7 Å². The summed E-state index contributed by atoms with van der Waals surface area (Å²) in [6.45, 7) is 5.60. The van der Waals surface area contributed by atoms with Crippen LogP contribution in [0.15, 0.2) is 0 Å². The summed E-state index contributed by atoms with van der Waals surface area (Å²) in [5.74, 6) is -1.23. The predicted molar refractivity (Wildman–Crippen MR) is 60.2 cm³/mol. The molecule has 1 unspecified atom stereocenters. The molecule has 16 heavy (non-hydrogen) atoms. The van der Waals surface area contributed by atoms with Gasteiger partial charge in [0.2, 0.25) is 0 Å². The zero-order chi connectivity index (χ0) is 12.4. The molecule has 0 aliphatic heterocycles. The number of hydrogen-bond acceptors (Lipinski definition) is 3. The molecule has 0 aromatic heterocycles. The minimum absolute atomic E-state index is 0.0962. The van der Waals surface area contributed by atoms with Crippen LogP contribution in [0.3, 0.4) is 0 Å². The number of ether oxygens (including phenoxy) is 1. The van der Waals surface area contributed by atoms with E-state index in [9.17, 15) is 9.90 Å². The molecule has 1 rings (SSSR count). The molecule has 4 heteroatoms. The number of hydrogen-bond donors (Lipinski definition) is 2. The molecule has 1 fully saturated rings. The quantitative estimate of drug-likeness (QED) is 0.773. The maximum atomic E-state index is 10.7. The molecular weight excluding hydrogens is 208 g/mol. The molecule has 0 radical (unpaired) electrons. The second-order valence-electron chi connectivity index (χ2n) is 5.75. The van der Waals surface area contributed by atoms with Gasteiger partial charge in [-0.3, -0.25) is 0 Å². The lowest BCUT2D eigenvalue weighted by molar-refractivity contribution is -0.166. The Morgan fingerprint density at radius 1 is 1.44 bits per heavy atom. The van der Waals surface area contributed by atoms with Gasteiger partial charge in [-0.1, -0.05) is 13.8 Å². The number of carboxylic acids is 1. The second-order valence-corrected chi connectivity index (χ2v) is 5.75. The highest BCUT2D eigenvalue weighted by Crippen LogP contribution is 2.36. The van der Waals surface area contributed by atoms with Crippen LogP contribution >= 0.6 is 0 Å². The Kier molecular flexibility index (Phi) is 3.97. The van der Waals surface area contributed by atoms with Crippen LogP contribution in [0.1, 0.15) is 46.5 Å². The fourth-order valence-corrected chi connectivity index (χ4v) is 1.88. The van der Waals surface area contributed by atoms with E-state index in [2.05, 4.69) is 13.8 Å². The van der Waals surface area contributed by atoms with Crippen molar-refractivity contribution in [1.29, 1.82) is 0 Å². The summed E-state index contributed by atoms with van der Waals surface area (Å²) < 4.78 is 5.47. The predicted octanol–water partition coefficient (Wildman–Crippen LogP) is 1.81.